The van der Waals surface area contributed by atoms with Gasteiger partial charge in [0, 0.05) is 10.9 Å². The topological polar surface area (TPSA) is 76.7 Å². The SMILES string of the molecule is CCOC(=O)C(=O)c1oc2ccc(O)cc2c1C. The number of ether oxygens (including phenoxy) is 1. The lowest BCUT2D eigenvalue weighted by Gasteiger charge is -1.98. The number of hydrogen-bond donors (Lipinski definition) is 1. The highest BCUT2D eigenvalue weighted by atomic mass is 16.5. The molecule has 0 saturated carbocycles. The molecule has 0 saturated heterocycles. The average molecular weight is 248 g/mol. The second-order valence-corrected chi connectivity index (χ2v) is 3.79. The van der Waals surface area contributed by atoms with Gasteiger partial charge in [-0.05, 0) is 32.0 Å². The lowest BCUT2D eigenvalue weighted by molar-refractivity contribution is -0.137. The fourth-order valence-corrected chi connectivity index (χ4v) is 1.71. The molecule has 0 amide bonds. The molecule has 5 nitrogen and oxygen atoms in total. The van der Waals surface area contributed by atoms with Gasteiger partial charge in [-0.1, -0.05) is 0 Å². The van der Waals surface area contributed by atoms with Gasteiger partial charge in [-0.25, -0.2) is 4.79 Å². The monoisotopic (exact) mass is 248 g/mol. The fraction of sp³-hybridized carbons (Fsp3) is 0.231. The predicted molar refractivity (Wildman–Crippen MR) is 63.6 cm³/mol. The van der Waals surface area contributed by atoms with Gasteiger partial charge < -0.3 is 14.3 Å². The zero-order valence-electron chi connectivity index (χ0n) is 10.0. The molecule has 0 bridgehead atoms. The van der Waals surface area contributed by atoms with Gasteiger partial charge in [-0.15, -0.1) is 0 Å². The van der Waals surface area contributed by atoms with Crippen LogP contribution < -0.4 is 0 Å². The molecule has 0 fully saturated rings. The first kappa shape index (κ1) is 12.2. The number of rotatable bonds is 3. The van der Waals surface area contributed by atoms with E-state index in [4.69, 9.17) is 4.42 Å². The van der Waals surface area contributed by atoms with E-state index in [0.717, 1.165) is 0 Å². The number of benzene rings is 1. The van der Waals surface area contributed by atoms with Crippen molar-refractivity contribution < 1.29 is 23.8 Å². The Balaban J connectivity index is 2.49. The van der Waals surface area contributed by atoms with Crippen molar-refractivity contribution in [1.29, 1.82) is 0 Å². The number of fused-ring (bicyclic) bond motifs is 1. The molecule has 5 heteroatoms. The van der Waals surface area contributed by atoms with Crippen molar-refractivity contribution in [2.75, 3.05) is 6.61 Å². The lowest BCUT2D eigenvalue weighted by atomic mass is 10.1. The summed E-state index contributed by atoms with van der Waals surface area (Å²) in [5, 5.41) is 9.98. The molecule has 18 heavy (non-hydrogen) atoms. The summed E-state index contributed by atoms with van der Waals surface area (Å²) in [5.41, 5.74) is 0.955. The molecule has 0 aliphatic carbocycles. The van der Waals surface area contributed by atoms with E-state index in [1.54, 1.807) is 19.9 Å². The van der Waals surface area contributed by atoms with Crippen LogP contribution in [0, 0.1) is 6.92 Å². The second-order valence-electron chi connectivity index (χ2n) is 3.79. The maximum Gasteiger partial charge on any atom is 0.383 e. The predicted octanol–water partition coefficient (Wildman–Crippen LogP) is 2.19. The van der Waals surface area contributed by atoms with Crippen molar-refractivity contribution in [3.05, 3.63) is 29.5 Å². The Morgan fingerprint density at radius 2 is 2.11 bits per heavy atom. The van der Waals surface area contributed by atoms with Gasteiger partial charge in [0.1, 0.15) is 11.3 Å². The maximum absolute atomic E-state index is 11.8. The zero-order valence-corrected chi connectivity index (χ0v) is 10.0. The van der Waals surface area contributed by atoms with E-state index in [9.17, 15) is 14.7 Å². The van der Waals surface area contributed by atoms with Crippen molar-refractivity contribution >= 4 is 22.7 Å². The Morgan fingerprint density at radius 1 is 1.39 bits per heavy atom. The molecule has 1 aromatic carbocycles. The second kappa shape index (κ2) is 4.52. The molecule has 1 N–H and O–H groups in total. The highest BCUT2D eigenvalue weighted by Gasteiger charge is 2.25. The lowest BCUT2D eigenvalue weighted by Crippen LogP contribution is -2.17. The van der Waals surface area contributed by atoms with Crippen molar-refractivity contribution in [3.8, 4) is 5.75 Å². The summed E-state index contributed by atoms with van der Waals surface area (Å²) in [6.07, 6.45) is 0. The first-order valence-electron chi connectivity index (χ1n) is 5.48. The number of hydrogen-bond acceptors (Lipinski definition) is 5. The molecule has 2 rings (SSSR count). The summed E-state index contributed by atoms with van der Waals surface area (Å²) in [6.45, 7) is 3.40. The van der Waals surface area contributed by atoms with Crippen molar-refractivity contribution in [1.82, 2.24) is 0 Å². The van der Waals surface area contributed by atoms with Crippen molar-refractivity contribution in [2.45, 2.75) is 13.8 Å². The van der Waals surface area contributed by atoms with E-state index in [-0.39, 0.29) is 18.1 Å². The van der Waals surface area contributed by atoms with Crippen LogP contribution in [-0.4, -0.2) is 23.5 Å². The standard InChI is InChI=1S/C13H12O5/c1-3-17-13(16)11(15)12-7(2)9-6-8(14)4-5-10(9)18-12/h4-6,14H,3H2,1-2H3. The summed E-state index contributed by atoms with van der Waals surface area (Å²) < 4.78 is 9.96. The molecule has 0 aliphatic heterocycles. The minimum absolute atomic E-state index is 0.0472. The third-order valence-electron chi connectivity index (χ3n) is 2.59. The number of phenols is 1. The highest BCUT2D eigenvalue weighted by molar-refractivity contribution is 6.40. The minimum Gasteiger partial charge on any atom is -0.508 e. The molecule has 94 valence electrons. The number of esters is 1. The molecule has 0 spiro atoms. The van der Waals surface area contributed by atoms with Crippen LogP contribution in [0.5, 0.6) is 5.75 Å². The summed E-state index contributed by atoms with van der Waals surface area (Å²) in [5.74, 6) is -1.73. The van der Waals surface area contributed by atoms with Crippen LogP contribution in [0.2, 0.25) is 0 Å². The Kier molecular flexibility index (Phi) is 3.06. The number of phenolic OH excluding ortho intramolecular Hbond substituents is 1. The van der Waals surface area contributed by atoms with Gasteiger partial charge in [0.05, 0.1) is 6.61 Å². The Labute approximate surface area is 103 Å². The van der Waals surface area contributed by atoms with Crippen LogP contribution in [0.4, 0.5) is 0 Å². The van der Waals surface area contributed by atoms with Gasteiger partial charge >= 0.3 is 11.8 Å². The number of aryl methyl sites for hydroxylation is 1. The smallest absolute Gasteiger partial charge is 0.383 e. The van der Waals surface area contributed by atoms with E-state index in [1.165, 1.54) is 12.1 Å². The summed E-state index contributed by atoms with van der Waals surface area (Å²) in [6, 6.07) is 4.47. The summed E-state index contributed by atoms with van der Waals surface area (Å²) in [4.78, 5) is 23.1. The van der Waals surface area contributed by atoms with E-state index in [2.05, 4.69) is 4.74 Å². The first-order chi connectivity index (χ1) is 8.54. The maximum atomic E-state index is 11.8. The number of ketones is 1. The molecule has 0 radical (unpaired) electrons. The quantitative estimate of drug-likeness (QED) is 0.512. The van der Waals surface area contributed by atoms with E-state index >= 15 is 0 Å². The van der Waals surface area contributed by atoms with E-state index in [1.807, 2.05) is 0 Å². The summed E-state index contributed by atoms with van der Waals surface area (Å²) in [7, 11) is 0. The average Bonchev–Trinajstić information content (AvgIpc) is 2.66. The van der Waals surface area contributed by atoms with Gasteiger partial charge in [-0.2, -0.15) is 0 Å². The molecular formula is C13H12O5. The number of Topliss-reactive ketones (excluding diaryl/α,β-unsaturated/α-hetero) is 1. The van der Waals surface area contributed by atoms with E-state index in [0.29, 0.717) is 16.5 Å². The van der Waals surface area contributed by atoms with Crippen molar-refractivity contribution in [3.63, 3.8) is 0 Å². The minimum atomic E-state index is -0.941. The van der Waals surface area contributed by atoms with Crippen LogP contribution in [0.25, 0.3) is 11.0 Å². The molecule has 0 atom stereocenters. The first-order valence-corrected chi connectivity index (χ1v) is 5.48. The molecule has 0 aliphatic rings. The third kappa shape index (κ3) is 1.95. The fourth-order valence-electron chi connectivity index (χ4n) is 1.71. The molecule has 1 heterocycles. The molecule has 2 aromatic rings. The van der Waals surface area contributed by atoms with Gasteiger partial charge in [0.25, 0.3) is 0 Å². The summed E-state index contributed by atoms with van der Waals surface area (Å²) >= 11 is 0. The van der Waals surface area contributed by atoms with Crippen molar-refractivity contribution in [2.24, 2.45) is 0 Å². The zero-order chi connectivity index (χ0) is 13.3. The number of furan rings is 1. The normalized spacial score (nSPS) is 10.6. The molecule has 1 aromatic heterocycles. The van der Waals surface area contributed by atoms with Crippen LogP contribution >= 0.6 is 0 Å². The van der Waals surface area contributed by atoms with Gasteiger partial charge in [-0.3, -0.25) is 4.79 Å². The molecular weight excluding hydrogens is 236 g/mol. The Morgan fingerprint density at radius 3 is 2.78 bits per heavy atom. The Hall–Kier alpha value is -2.30. The number of carbonyl (C=O) groups excluding carboxylic acids is 2. The van der Waals surface area contributed by atoms with Gasteiger partial charge in [0.15, 0.2) is 5.76 Å². The number of carbonyl (C=O) groups is 2. The third-order valence-corrected chi connectivity index (χ3v) is 2.59. The van der Waals surface area contributed by atoms with Gasteiger partial charge in [0.2, 0.25) is 0 Å². The molecule has 0 unspecified atom stereocenters. The highest BCUT2D eigenvalue weighted by Crippen LogP contribution is 2.28. The van der Waals surface area contributed by atoms with Crippen LogP contribution in [0.3, 0.4) is 0 Å². The van der Waals surface area contributed by atoms with E-state index < -0.39 is 11.8 Å². The number of aromatic hydroxyl groups is 1. The van der Waals surface area contributed by atoms with Crippen LogP contribution in [0.15, 0.2) is 22.6 Å². The van der Waals surface area contributed by atoms with Crippen LogP contribution in [-0.2, 0) is 9.53 Å². The largest absolute Gasteiger partial charge is 0.508 e. The van der Waals surface area contributed by atoms with Crippen LogP contribution in [0.1, 0.15) is 23.0 Å². The Bertz CT molecular complexity index is 624.